The summed E-state index contributed by atoms with van der Waals surface area (Å²) in [6, 6.07) is 9.61. The number of aromatic amines is 1. The summed E-state index contributed by atoms with van der Waals surface area (Å²) >= 11 is 3.10. The Morgan fingerprint density at radius 1 is 1.12 bits per heavy atom. The van der Waals surface area contributed by atoms with E-state index in [2.05, 4.69) is 30.6 Å². The largest absolute Gasteiger partial charge is 0.573 e. The van der Waals surface area contributed by atoms with Gasteiger partial charge in [0.1, 0.15) is 23.4 Å². The number of nitrogens with zero attached hydrogens (tertiary/aromatic N) is 1. The van der Waals surface area contributed by atoms with Crippen molar-refractivity contribution in [3.05, 3.63) is 52.3 Å². The normalized spacial score (nSPS) is 13.0. The third kappa shape index (κ3) is 3.94. The standard InChI is InChI=1S/C17H14BrF3N2O3/c1-24-10-4-5-12-13(8-10)23-16(22-12)15(25-2)9-3-6-14(11(18)7-9)26-17(19,20)21/h3-8,15H,1-2H3,(H,22,23). The van der Waals surface area contributed by atoms with Gasteiger partial charge in [-0.05, 0) is 45.8 Å². The molecule has 1 atom stereocenters. The zero-order valence-electron chi connectivity index (χ0n) is 13.7. The Morgan fingerprint density at radius 2 is 1.88 bits per heavy atom. The van der Waals surface area contributed by atoms with Gasteiger partial charge in [-0.3, -0.25) is 0 Å². The van der Waals surface area contributed by atoms with Crippen LogP contribution in [0.25, 0.3) is 11.0 Å². The third-order valence-electron chi connectivity index (χ3n) is 3.68. The number of benzene rings is 2. The molecule has 1 N–H and O–H groups in total. The Balaban J connectivity index is 1.94. The van der Waals surface area contributed by atoms with Gasteiger partial charge >= 0.3 is 6.36 Å². The molecule has 0 fully saturated rings. The number of ether oxygens (including phenoxy) is 3. The second kappa shape index (κ2) is 7.16. The average Bonchev–Trinajstić information content (AvgIpc) is 2.99. The minimum atomic E-state index is -4.76. The number of H-pyrrole nitrogens is 1. The molecule has 5 nitrogen and oxygen atoms in total. The lowest BCUT2D eigenvalue weighted by molar-refractivity contribution is -0.274. The highest BCUT2D eigenvalue weighted by Crippen LogP contribution is 2.35. The minimum Gasteiger partial charge on any atom is -0.497 e. The second-order valence-corrected chi connectivity index (χ2v) is 6.21. The Labute approximate surface area is 155 Å². The number of imidazole rings is 1. The van der Waals surface area contributed by atoms with E-state index in [1.807, 2.05) is 0 Å². The molecule has 2 aromatic carbocycles. The predicted octanol–water partition coefficient (Wildman–Crippen LogP) is 4.97. The van der Waals surface area contributed by atoms with Crippen LogP contribution in [0.2, 0.25) is 0 Å². The minimum absolute atomic E-state index is 0.159. The van der Waals surface area contributed by atoms with Crippen LogP contribution in [0.4, 0.5) is 13.2 Å². The molecule has 138 valence electrons. The van der Waals surface area contributed by atoms with E-state index in [-0.39, 0.29) is 10.2 Å². The molecule has 0 aliphatic carbocycles. The van der Waals surface area contributed by atoms with Crippen LogP contribution >= 0.6 is 15.9 Å². The number of aromatic nitrogens is 2. The molecule has 0 bridgehead atoms. The lowest BCUT2D eigenvalue weighted by atomic mass is 10.1. The van der Waals surface area contributed by atoms with E-state index in [0.717, 1.165) is 11.0 Å². The first-order valence-electron chi connectivity index (χ1n) is 7.42. The van der Waals surface area contributed by atoms with Gasteiger partial charge < -0.3 is 19.2 Å². The van der Waals surface area contributed by atoms with E-state index in [9.17, 15) is 13.2 Å². The van der Waals surface area contributed by atoms with Crippen LogP contribution < -0.4 is 9.47 Å². The van der Waals surface area contributed by atoms with Gasteiger partial charge in [-0.15, -0.1) is 13.2 Å². The highest BCUT2D eigenvalue weighted by Gasteiger charge is 2.32. The van der Waals surface area contributed by atoms with Crippen molar-refractivity contribution < 1.29 is 27.4 Å². The van der Waals surface area contributed by atoms with Gasteiger partial charge in [0, 0.05) is 13.2 Å². The number of alkyl halides is 3. The number of hydrogen-bond donors (Lipinski definition) is 1. The fraction of sp³-hybridized carbons (Fsp3) is 0.235. The molecule has 3 aromatic rings. The molecule has 1 heterocycles. The van der Waals surface area contributed by atoms with Crippen molar-refractivity contribution in [3.63, 3.8) is 0 Å². The summed E-state index contributed by atoms with van der Waals surface area (Å²) in [5.74, 6) is 0.871. The van der Waals surface area contributed by atoms with Crippen LogP contribution in [0.1, 0.15) is 17.5 Å². The lowest BCUT2D eigenvalue weighted by Crippen LogP contribution is -2.17. The Hall–Kier alpha value is -2.26. The molecule has 0 spiro atoms. The first-order valence-corrected chi connectivity index (χ1v) is 8.21. The fourth-order valence-corrected chi connectivity index (χ4v) is 3.03. The summed E-state index contributed by atoms with van der Waals surface area (Å²) < 4.78 is 52.0. The van der Waals surface area contributed by atoms with E-state index >= 15 is 0 Å². The number of hydrogen-bond acceptors (Lipinski definition) is 4. The lowest BCUT2D eigenvalue weighted by Gasteiger charge is -2.16. The van der Waals surface area contributed by atoms with Crippen molar-refractivity contribution in [1.29, 1.82) is 0 Å². The van der Waals surface area contributed by atoms with Crippen molar-refractivity contribution in [2.45, 2.75) is 12.5 Å². The van der Waals surface area contributed by atoms with E-state index in [1.54, 1.807) is 25.3 Å². The molecule has 0 aliphatic heterocycles. The van der Waals surface area contributed by atoms with Gasteiger partial charge in [-0.25, -0.2) is 4.98 Å². The summed E-state index contributed by atoms with van der Waals surface area (Å²) in [6.45, 7) is 0. The molecular weight excluding hydrogens is 417 g/mol. The number of rotatable bonds is 5. The quantitative estimate of drug-likeness (QED) is 0.620. The number of fused-ring (bicyclic) bond motifs is 1. The molecular formula is C17H14BrF3N2O3. The number of methoxy groups -OCH3 is 2. The number of nitrogens with one attached hydrogen (secondary N) is 1. The average molecular weight is 431 g/mol. The molecule has 1 aromatic heterocycles. The zero-order chi connectivity index (χ0) is 18.9. The van der Waals surface area contributed by atoms with Gasteiger partial charge in [0.2, 0.25) is 0 Å². The topological polar surface area (TPSA) is 56.4 Å². The summed E-state index contributed by atoms with van der Waals surface area (Å²) in [7, 11) is 3.06. The summed E-state index contributed by atoms with van der Waals surface area (Å²) in [5.41, 5.74) is 2.09. The first kappa shape index (κ1) is 18.5. The number of halogens is 4. The monoisotopic (exact) mass is 430 g/mol. The molecule has 3 rings (SSSR count). The SMILES string of the molecule is COc1ccc2nc(C(OC)c3ccc(OC(F)(F)F)c(Br)c3)[nH]c2c1. The molecule has 0 saturated heterocycles. The molecule has 1 unspecified atom stereocenters. The Bertz CT molecular complexity index is 927. The van der Waals surface area contributed by atoms with E-state index in [1.165, 1.54) is 25.3 Å². The van der Waals surface area contributed by atoms with Crippen molar-refractivity contribution >= 4 is 27.0 Å². The molecule has 0 saturated carbocycles. The highest BCUT2D eigenvalue weighted by atomic mass is 79.9. The van der Waals surface area contributed by atoms with Crippen LogP contribution in [0.15, 0.2) is 40.9 Å². The van der Waals surface area contributed by atoms with E-state index < -0.39 is 12.5 Å². The van der Waals surface area contributed by atoms with Crippen LogP contribution in [-0.4, -0.2) is 30.5 Å². The maximum Gasteiger partial charge on any atom is 0.573 e. The predicted molar refractivity (Wildman–Crippen MR) is 92.3 cm³/mol. The van der Waals surface area contributed by atoms with Crippen molar-refractivity contribution in [2.24, 2.45) is 0 Å². The van der Waals surface area contributed by atoms with Crippen molar-refractivity contribution in [1.82, 2.24) is 9.97 Å². The Kier molecular flexibility index (Phi) is 5.10. The molecule has 0 aliphatic rings. The van der Waals surface area contributed by atoms with Crippen molar-refractivity contribution in [3.8, 4) is 11.5 Å². The third-order valence-corrected chi connectivity index (χ3v) is 4.30. The maximum atomic E-state index is 12.4. The molecule has 0 amide bonds. The van der Waals surface area contributed by atoms with Gasteiger partial charge in [0.15, 0.2) is 0 Å². The van der Waals surface area contributed by atoms with Crippen molar-refractivity contribution in [2.75, 3.05) is 14.2 Å². The molecule has 0 radical (unpaired) electrons. The highest BCUT2D eigenvalue weighted by molar-refractivity contribution is 9.10. The van der Waals surface area contributed by atoms with Crippen LogP contribution in [0.3, 0.4) is 0 Å². The van der Waals surface area contributed by atoms with Crippen LogP contribution in [-0.2, 0) is 4.74 Å². The molecule has 26 heavy (non-hydrogen) atoms. The van der Waals surface area contributed by atoms with Gasteiger partial charge in [-0.1, -0.05) is 6.07 Å². The summed E-state index contributed by atoms with van der Waals surface area (Å²) in [4.78, 5) is 7.63. The van der Waals surface area contributed by atoms with Crippen LogP contribution in [0, 0.1) is 0 Å². The summed E-state index contributed by atoms with van der Waals surface area (Å²) in [5, 5.41) is 0. The van der Waals surface area contributed by atoms with Gasteiger partial charge in [-0.2, -0.15) is 0 Å². The zero-order valence-corrected chi connectivity index (χ0v) is 15.3. The summed E-state index contributed by atoms with van der Waals surface area (Å²) in [6.07, 6.45) is -5.35. The smallest absolute Gasteiger partial charge is 0.497 e. The fourth-order valence-electron chi connectivity index (χ4n) is 2.55. The first-order chi connectivity index (χ1) is 12.3. The van der Waals surface area contributed by atoms with E-state index in [4.69, 9.17) is 9.47 Å². The van der Waals surface area contributed by atoms with Gasteiger partial charge in [0.05, 0.1) is 22.6 Å². The Morgan fingerprint density at radius 3 is 2.50 bits per heavy atom. The second-order valence-electron chi connectivity index (χ2n) is 5.36. The van der Waals surface area contributed by atoms with E-state index in [0.29, 0.717) is 17.1 Å². The van der Waals surface area contributed by atoms with Crippen LogP contribution in [0.5, 0.6) is 11.5 Å². The molecule has 9 heteroatoms. The maximum absolute atomic E-state index is 12.4. The van der Waals surface area contributed by atoms with Gasteiger partial charge in [0.25, 0.3) is 0 Å².